The zero-order valence-electron chi connectivity index (χ0n) is 13.6. The molecule has 0 aliphatic heterocycles. The van der Waals surface area contributed by atoms with Crippen LogP contribution in [0.1, 0.15) is 21.5 Å². The normalized spacial score (nSPS) is 11.0. The minimum atomic E-state index is -1.26. The van der Waals surface area contributed by atoms with E-state index in [-0.39, 0.29) is 5.56 Å². The molecule has 0 atom stereocenters. The third-order valence-corrected chi connectivity index (χ3v) is 4.70. The van der Waals surface area contributed by atoms with Crippen LogP contribution in [-0.4, -0.2) is 15.6 Å². The Morgan fingerprint density at radius 2 is 1.75 bits per heavy atom. The molecule has 0 radical (unpaired) electrons. The van der Waals surface area contributed by atoms with E-state index in [1.54, 1.807) is 31.3 Å². The molecule has 0 saturated heterocycles. The maximum atomic E-state index is 12.7. The number of nitrogens with zero attached hydrogens (tertiary/aromatic N) is 1. The van der Waals surface area contributed by atoms with Crippen molar-refractivity contribution in [2.24, 2.45) is 7.05 Å². The van der Waals surface area contributed by atoms with Crippen LogP contribution >= 0.6 is 11.6 Å². The number of hydrogen-bond acceptors (Lipinski definition) is 2. The van der Waals surface area contributed by atoms with Crippen molar-refractivity contribution < 1.29 is 9.90 Å². The second-order valence-electron chi connectivity index (χ2n) is 5.85. The van der Waals surface area contributed by atoms with Crippen LogP contribution in [0.2, 0.25) is 5.02 Å². The smallest absolute Gasteiger partial charge is 0.342 e. The largest absolute Gasteiger partial charge is 0.477 e. The van der Waals surface area contributed by atoms with Crippen LogP contribution in [0.5, 0.6) is 0 Å². The highest BCUT2D eigenvalue weighted by atomic mass is 35.5. The van der Waals surface area contributed by atoms with Gasteiger partial charge in [0.15, 0.2) is 0 Å². The van der Waals surface area contributed by atoms with Crippen molar-refractivity contribution in [3.63, 3.8) is 0 Å². The maximum absolute atomic E-state index is 12.7. The molecule has 0 aliphatic rings. The summed E-state index contributed by atoms with van der Waals surface area (Å²) in [5.74, 6) is -1.26. The van der Waals surface area contributed by atoms with Gasteiger partial charge in [-0.15, -0.1) is 0 Å². The van der Waals surface area contributed by atoms with Gasteiger partial charge in [0.25, 0.3) is 5.56 Å². The molecule has 5 heteroatoms. The zero-order valence-corrected chi connectivity index (χ0v) is 14.3. The minimum absolute atomic E-state index is 0.263. The quantitative estimate of drug-likeness (QED) is 0.760. The van der Waals surface area contributed by atoms with E-state index >= 15 is 0 Å². The molecule has 1 heterocycles. The average Bonchev–Trinajstić information content (AvgIpc) is 2.53. The number of halogens is 1. The fourth-order valence-electron chi connectivity index (χ4n) is 2.94. The topological polar surface area (TPSA) is 59.3 Å². The standard InChI is InChI=1S/C19H16ClNO3/c1-10-8-13-15(9-11(10)2)21(3)18(22)17(19(23)24)16(13)12-6-4-5-7-14(12)20/h4-9H,1-3H3,(H,23,24). The van der Waals surface area contributed by atoms with Crippen LogP contribution in [0.3, 0.4) is 0 Å². The van der Waals surface area contributed by atoms with Gasteiger partial charge in [0.2, 0.25) is 0 Å². The Bertz CT molecular complexity index is 1050. The summed E-state index contributed by atoms with van der Waals surface area (Å²) in [4.78, 5) is 24.5. The number of carboxylic acid groups (broad SMARTS) is 1. The summed E-state index contributed by atoms with van der Waals surface area (Å²) >= 11 is 6.30. The van der Waals surface area contributed by atoms with Crippen molar-refractivity contribution in [1.82, 2.24) is 4.57 Å². The molecule has 0 bridgehead atoms. The van der Waals surface area contributed by atoms with Crippen LogP contribution in [0.15, 0.2) is 41.2 Å². The Hall–Kier alpha value is -2.59. The van der Waals surface area contributed by atoms with E-state index in [0.29, 0.717) is 27.1 Å². The molecule has 0 amide bonds. The first-order valence-electron chi connectivity index (χ1n) is 7.45. The van der Waals surface area contributed by atoms with E-state index in [1.807, 2.05) is 26.0 Å². The summed E-state index contributed by atoms with van der Waals surface area (Å²) in [5.41, 5.74) is 2.84. The minimum Gasteiger partial charge on any atom is -0.477 e. The van der Waals surface area contributed by atoms with Crippen molar-refractivity contribution in [3.05, 3.63) is 68.5 Å². The first-order chi connectivity index (χ1) is 11.3. The molecule has 0 fully saturated rings. The van der Waals surface area contributed by atoms with Gasteiger partial charge in [-0.25, -0.2) is 4.79 Å². The van der Waals surface area contributed by atoms with Gasteiger partial charge in [-0.3, -0.25) is 4.79 Å². The Kier molecular flexibility index (Phi) is 3.93. The van der Waals surface area contributed by atoms with Gasteiger partial charge in [-0.2, -0.15) is 0 Å². The van der Waals surface area contributed by atoms with E-state index in [2.05, 4.69) is 0 Å². The highest BCUT2D eigenvalue weighted by molar-refractivity contribution is 6.34. The molecule has 0 aliphatic carbocycles. The van der Waals surface area contributed by atoms with Gasteiger partial charge in [0.05, 0.1) is 5.52 Å². The number of aromatic carboxylic acids is 1. The van der Waals surface area contributed by atoms with E-state index in [4.69, 9.17) is 11.6 Å². The van der Waals surface area contributed by atoms with Gasteiger partial charge < -0.3 is 9.67 Å². The lowest BCUT2D eigenvalue weighted by atomic mass is 9.93. The lowest BCUT2D eigenvalue weighted by Gasteiger charge is -2.16. The van der Waals surface area contributed by atoms with Crippen molar-refractivity contribution in [3.8, 4) is 11.1 Å². The summed E-state index contributed by atoms with van der Waals surface area (Å²) in [6, 6.07) is 10.8. The number of hydrogen-bond donors (Lipinski definition) is 1. The summed E-state index contributed by atoms with van der Waals surface area (Å²) in [6.07, 6.45) is 0. The third kappa shape index (κ3) is 2.39. The van der Waals surface area contributed by atoms with E-state index < -0.39 is 11.5 Å². The van der Waals surface area contributed by atoms with E-state index in [0.717, 1.165) is 11.1 Å². The van der Waals surface area contributed by atoms with Crippen LogP contribution in [0.25, 0.3) is 22.0 Å². The number of fused-ring (bicyclic) bond motifs is 1. The second-order valence-corrected chi connectivity index (χ2v) is 6.26. The third-order valence-electron chi connectivity index (χ3n) is 4.37. The number of aromatic nitrogens is 1. The van der Waals surface area contributed by atoms with Gasteiger partial charge in [-0.1, -0.05) is 29.8 Å². The molecule has 2 aromatic carbocycles. The van der Waals surface area contributed by atoms with Crippen molar-refractivity contribution >= 4 is 28.5 Å². The van der Waals surface area contributed by atoms with Gasteiger partial charge in [0.1, 0.15) is 5.56 Å². The number of rotatable bonds is 2. The molecule has 1 N–H and O–H groups in total. The monoisotopic (exact) mass is 341 g/mol. The van der Waals surface area contributed by atoms with Gasteiger partial charge in [-0.05, 0) is 43.2 Å². The molecular weight excluding hydrogens is 326 g/mol. The zero-order chi connectivity index (χ0) is 17.6. The highest BCUT2D eigenvalue weighted by Crippen LogP contribution is 2.35. The Balaban J connectivity index is 2.64. The fourth-order valence-corrected chi connectivity index (χ4v) is 3.17. The molecule has 122 valence electrons. The second kappa shape index (κ2) is 5.80. The predicted octanol–water partition coefficient (Wildman–Crippen LogP) is 4.17. The van der Waals surface area contributed by atoms with Crippen molar-refractivity contribution in [2.75, 3.05) is 0 Å². The molecule has 0 saturated carbocycles. The first-order valence-corrected chi connectivity index (χ1v) is 7.83. The number of carboxylic acids is 1. The maximum Gasteiger partial charge on any atom is 0.342 e. The fraction of sp³-hybridized carbons (Fsp3) is 0.158. The van der Waals surface area contributed by atoms with Crippen LogP contribution in [0.4, 0.5) is 0 Å². The Morgan fingerprint density at radius 3 is 2.38 bits per heavy atom. The first kappa shape index (κ1) is 16.3. The van der Waals surface area contributed by atoms with E-state index in [1.165, 1.54) is 4.57 Å². The van der Waals surface area contributed by atoms with E-state index in [9.17, 15) is 14.7 Å². The lowest BCUT2D eigenvalue weighted by molar-refractivity contribution is 0.0695. The molecule has 4 nitrogen and oxygen atoms in total. The summed E-state index contributed by atoms with van der Waals surface area (Å²) in [7, 11) is 1.59. The number of pyridine rings is 1. The molecule has 1 aromatic heterocycles. The molecule has 24 heavy (non-hydrogen) atoms. The van der Waals surface area contributed by atoms with Crippen LogP contribution < -0.4 is 5.56 Å². The molecule has 0 spiro atoms. The molecule has 3 rings (SSSR count). The summed E-state index contributed by atoms with van der Waals surface area (Å²) < 4.78 is 1.38. The Morgan fingerprint density at radius 1 is 1.12 bits per heavy atom. The van der Waals surface area contributed by atoms with Crippen LogP contribution in [-0.2, 0) is 7.05 Å². The number of benzene rings is 2. The summed E-state index contributed by atoms with van der Waals surface area (Å²) in [5, 5.41) is 10.8. The van der Waals surface area contributed by atoms with Crippen molar-refractivity contribution in [2.45, 2.75) is 13.8 Å². The number of aryl methyl sites for hydroxylation is 3. The predicted molar refractivity (Wildman–Crippen MR) is 96.1 cm³/mol. The lowest BCUT2D eigenvalue weighted by Crippen LogP contribution is -2.26. The number of carbonyl (C=O) groups is 1. The van der Waals surface area contributed by atoms with Gasteiger partial charge in [0, 0.05) is 28.6 Å². The van der Waals surface area contributed by atoms with Gasteiger partial charge >= 0.3 is 5.97 Å². The highest BCUT2D eigenvalue weighted by Gasteiger charge is 2.23. The molecular formula is C19H16ClNO3. The SMILES string of the molecule is Cc1cc2c(-c3ccccc3Cl)c(C(=O)O)c(=O)n(C)c2cc1C. The molecule has 3 aromatic rings. The summed E-state index contributed by atoms with van der Waals surface area (Å²) in [6.45, 7) is 3.91. The van der Waals surface area contributed by atoms with Crippen LogP contribution in [0, 0.1) is 13.8 Å². The Labute approximate surface area is 143 Å². The molecule has 0 unspecified atom stereocenters. The average molecular weight is 342 g/mol. The van der Waals surface area contributed by atoms with Crippen molar-refractivity contribution in [1.29, 1.82) is 0 Å².